The summed E-state index contributed by atoms with van der Waals surface area (Å²) in [6.45, 7) is 2.69. The summed E-state index contributed by atoms with van der Waals surface area (Å²) in [4.78, 5) is 2.31. The highest BCUT2D eigenvalue weighted by Gasteiger charge is 2.17. The number of nitrogens with zero attached hydrogens (tertiary/aromatic N) is 1. The van der Waals surface area contributed by atoms with Crippen molar-refractivity contribution in [3.8, 4) is 0 Å². The van der Waals surface area contributed by atoms with Crippen molar-refractivity contribution in [1.29, 1.82) is 0 Å². The summed E-state index contributed by atoms with van der Waals surface area (Å²) in [7, 11) is 0.357. The molecule has 0 heterocycles. The number of hydrogen-bond acceptors (Lipinski definition) is 5. The van der Waals surface area contributed by atoms with Crippen LogP contribution in [0, 0.1) is 0 Å². The van der Waals surface area contributed by atoms with Gasteiger partial charge < -0.3 is 16.0 Å². The first-order valence-corrected chi connectivity index (χ1v) is 10.0. The van der Waals surface area contributed by atoms with Gasteiger partial charge in [0.25, 0.3) is 0 Å². The van der Waals surface area contributed by atoms with Crippen LogP contribution in [-0.2, 0) is 10.0 Å². The summed E-state index contributed by atoms with van der Waals surface area (Å²) < 4.78 is 28.1. The average Bonchev–Trinajstić information content (AvgIpc) is 2.59. The summed E-state index contributed by atoms with van der Waals surface area (Å²) in [5.74, 6) is 0. The Labute approximate surface area is 150 Å². The number of nitrogens with one attached hydrogen (secondary N) is 2. The molecule has 0 atom stereocenters. The van der Waals surface area contributed by atoms with E-state index >= 15 is 0 Å². The van der Waals surface area contributed by atoms with Gasteiger partial charge >= 0.3 is 0 Å². The predicted octanol–water partition coefficient (Wildman–Crippen LogP) is 1.51. The molecule has 0 amide bonds. The van der Waals surface area contributed by atoms with Gasteiger partial charge in [0.05, 0.1) is 4.90 Å². The van der Waals surface area contributed by atoms with Crippen LogP contribution in [0.4, 0.5) is 5.69 Å². The monoisotopic (exact) mass is 364 g/mol. The molecular weight excluding hydrogens is 336 g/mol. The van der Waals surface area contributed by atoms with Crippen molar-refractivity contribution in [2.24, 2.45) is 5.73 Å². The third kappa shape index (κ3) is 5.15. The van der Waals surface area contributed by atoms with Gasteiger partial charge in [-0.1, -0.05) is 24.3 Å². The van der Waals surface area contributed by atoms with Gasteiger partial charge in [-0.2, -0.15) is 0 Å². The molecule has 7 heteroatoms. The topological polar surface area (TPSA) is 87.5 Å². The minimum Gasteiger partial charge on any atom is -0.377 e. The van der Waals surface area contributed by atoms with Gasteiger partial charge in [-0.3, -0.25) is 0 Å². The lowest BCUT2D eigenvalue weighted by atomic mass is 10.1. The van der Waals surface area contributed by atoms with Crippen LogP contribution >= 0.6 is 0 Å². The molecule has 2 aromatic rings. The van der Waals surface area contributed by atoms with Gasteiger partial charge in [0, 0.05) is 37.1 Å². The minimum atomic E-state index is -3.54. The van der Waals surface area contributed by atoms with E-state index in [0.717, 1.165) is 42.4 Å². The standard InChI is InChI=1S/C18H28N4O2S/c1-22(2)17-9-3-8-16-15(17)7-4-10-18(16)25(23,24)21-14-6-13-20-12-5-11-19/h3-4,7-10,20-21H,5-6,11-14,19H2,1-2H3. The van der Waals surface area contributed by atoms with Crippen molar-refractivity contribution in [3.63, 3.8) is 0 Å². The molecule has 0 saturated carbocycles. The van der Waals surface area contributed by atoms with Gasteiger partial charge in [0.1, 0.15) is 0 Å². The van der Waals surface area contributed by atoms with Crippen LogP contribution < -0.4 is 20.7 Å². The van der Waals surface area contributed by atoms with E-state index in [4.69, 9.17) is 5.73 Å². The Morgan fingerprint density at radius 2 is 1.64 bits per heavy atom. The SMILES string of the molecule is CN(C)c1cccc2c(S(=O)(=O)NCCCNCCCN)cccc12. The molecule has 0 aliphatic heterocycles. The zero-order chi connectivity index (χ0) is 18.3. The predicted molar refractivity (Wildman–Crippen MR) is 105 cm³/mol. The van der Waals surface area contributed by atoms with Crippen molar-refractivity contribution in [1.82, 2.24) is 10.0 Å². The van der Waals surface area contributed by atoms with Crippen LogP contribution in [0.25, 0.3) is 10.8 Å². The Morgan fingerprint density at radius 1 is 0.960 bits per heavy atom. The highest BCUT2D eigenvalue weighted by Crippen LogP contribution is 2.29. The Hall–Kier alpha value is -1.67. The third-order valence-electron chi connectivity index (χ3n) is 4.01. The van der Waals surface area contributed by atoms with Crippen LogP contribution in [0.3, 0.4) is 0 Å². The largest absolute Gasteiger partial charge is 0.377 e. The first-order valence-electron chi connectivity index (χ1n) is 8.57. The molecule has 138 valence electrons. The Morgan fingerprint density at radius 3 is 2.36 bits per heavy atom. The van der Waals surface area contributed by atoms with Crippen LogP contribution in [0.1, 0.15) is 12.8 Å². The Balaban J connectivity index is 2.10. The summed E-state index contributed by atoms with van der Waals surface area (Å²) in [6.07, 6.45) is 1.66. The first-order chi connectivity index (χ1) is 12.0. The van der Waals surface area contributed by atoms with Gasteiger partial charge in [-0.25, -0.2) is 13.1 Å². The third-order valence-corrected chi connectivity index (χ3v) is 5.53. The van der Waals surface area contributed by atoms with Gasteiger partial charge in [0.2, 0.25) is 10.0 Å². The zero-order valence-corrected chi connectivity index (χ0v) is 15.8. The van der Waals surface area contributed by atoms with Gasteiger partial charge in [-0.05, 0) is 44.6 Å². The number of fused-ring (bicyclic) bond motifs is 1. The molecule has 2 rings (SSSR count). The summed E-state index contributed by atoms with van der Waals surface area (Å²) >= 11 is 0. The van der Waals surface area contributed by atoms with E-state index in [2.05, 4.69) is 10.0 Å². The number of benzene rings is 2. The van der Waals surface area contributed by atoms with Gasteiger partial charge in [0.15, 0.2) is 0 Å². The molecule has 0 radical (unpaired) electrons. The second-order valence-corrected chi connectivity index (χ2v) is 7.90. The number of nitrogens with two attached hydrogens (primary N) is 1. The van der Waals surface area contributed by atoms with Crippen molar-refractivity contribution >= 4 is 26.5 Å². The van der Waals surface area contributed by atoms with E-state index in [0.29, 0.717) is 18.0 Å². The fraction of sp³-hybridized carbons (Fsp3) is 0.444. The number of sulfonamides is 1. The van der Waals surface area contributed by atoms with Crippen LogP contribution in [0.15, 0.2) is 41.3 Å². The van der Waals surface area contributed by atoms with E-state index < -0.39 is 10.0 Å². The fourth-order valence-electron chi connectivity index (χ4n) is 2.74. The molecule has 4 N–H and O–H groups in total. The van der Waals surface area contributed by atoms with Crippen molar-refractivity contribution in [3.05, 3.63) is 36.4 Å². The highest BCUT2D eigenvalue weighted by molar-refractivity contribution is 7.89. The molecule has 2 aromatic carbocycles. The molecule has 25 heavy (non-hydrogen) atoms. The van der Waals surface area contributed by atoms with E-state index in [1.807, 2.05) is 43.3 Å². The first kappa shape index (κ1) is 19.7. The maximum atomic E-state index is 12.7. The van der Waals surface area contributed by atoms with E-state index in [1.165, 1.54) is 0 Å². The fourth-order valence-corrected chi connectivity index (χ4v) is 4.03. The maximum absolute atomic E-state index is 12.7. The smallest absolute Gasteiger partial charge is 0.241 e. The summed E-state index contributed by atoms with van der Waals surface area (Å²) in [6, 6.07) is 11.1. The van der Waals surface area contributed by atoms with E-state index in [9.17, 15) is 8.42 Å². The summed E-state index contributed by atoms with van der Waals surface area (Å²) in [5, 5.41) is 4.91. The molecule has 0 fully saturated rings. The molecule has 0 aliphatic carbocycles. The van der Waals surface area contributed by atoms with Crippen molar-refractivity contribution in [2.75, 3.05) is 45.2 Å². The van der Waals surface area contributed by atoms with Gasteiger partial charge in [-0.15, -0.1) is 0 Å². The Bertz CT molecular complexity index is 791. The highest BCUT2D eigenvalue weighted by atomic mass is 32.2. The van der Waals surface area contributed by atoms with Crippen LogP contribution in [0.5, 0.6) is 0 Å². The molecule has 0 bridgehead atoms. The Kier molecular flexibility index (Phi) is 7.19. The minimum absolute atomic E-state index is 0.324. The molecule has 6 nitrogen and oxygen atoms in total. The normalized spacial score (nSPS) is 11.8. The van der Waals surface area contributed by atoms with Crippen LogP contribution in [0.2, 0.25) is 0 Å². The lowest BCUT2D eigenvalue weighted by Crippen LogP contribution is -2.28. The molecule has 0 saturated heterocycles. The molecule has 0 aromatic heterocycles. The summed E-state index contributed by atoms with van der Waals surface area (Å²) in [5.41, 5.74) is 6.43. The lowest BCUT2D eigenvalue weighted by Gasteiger charge is -2.17. The second kappa shape index (κ2) is 9.15. The lowest BCUT2D eigenvalue weighted by molar-refractivity contribution is 0.573. The van der Waals surface area contributed by atoms with Crippen molar-refractivity contribution < 1.29 is 8.42 Å². The average molecular weight is 365 g/mol. The van der Waals surface area contributed by atoms with Crippen molar-refractivity contribution in [2.45, 2.75) is 17.7 Å². The van der Waals surface area contributed by atoms with Crippen LogP contribution in [-0.4, -0.2) is 48.7 Å². The number of anilines is 1. The van der Waals surface area contributed by atoms with E-state index in [-0.39, 0.29) is 0 Å². The zero-order valence-electron chi connectivity index (χ0n) is 15.0. The molecule has 0 unspecified atom stereocenters. The number of hydrogen-bond donors (Lipinski definition) is 3. The second-order valence-electron chi connectivity index (χ2n) is 6.17. The van der Waals surface area contributed by atoms with E-state index in [1.54, 1.807) is 12.1 Å². The molecule has 0 aliphatic rings. The maximum Gasteiger partial charge on any atom is 0.241 e. The molecular formula is C18H28N4O2S. The molecule has 0 spiro atoms. The number of rotatable bonds is 10. The quantitative estimate of drug-likeness (QED) is 0.556.